The molecule has 3 nitrogen and oxygen atoms in total. The van der Waals surface area contributed by atoms with E-state index in [0.717, 1.165) is 0 Å². The second-order valence-corrected chi connectivity index (χ2v) is 3.07. The molecule has 0 spiro atoms. The first-order chi connectivity index (χ1) is 5.11. The van der Waals surface area contributed by atoms with Crippen LogP contribution in [0.2, 0.25) is 0 Å². The van der Waals surface area contributed by atoms with E-state index in [9.17, 15) is 4.79 Å². The van der Waals surface area contributed by atoms with E-state index in [1.165, 1.54) is 0 Å². The van der Waals surface area contributed by atoms with Crippen molar-refractivity contribution in [3.63, 3.8) is 0 Å². The molecule has 0 bridgehead atoms. The Morgan fingerprint density at radius 1 is 1.73 bits per heavy atom. The normalized spacial score (nSPS) is 25.5. The highest BCUT2D eigenvalue weighted by Gasteiger charge is 2.27. The lowest BCUT2D eigenvalue weighted by Crippen LogP contribution is -2.45. The first-order valence-electron chi connectivity index (χ1n) is 3.71. The van der Waals surface area contributed by atoms with Gasteiger partial charge in [0, 0.05) is 5.70 Å². The van der Waals surface area contributed by atoms with Crippen LogP contribution in [-0.2, 0) is 9.53 Å². The maximum absolute atomic E-state index is 11.1. The van der Waals surface area contributed by atoms with Gasteiger partial charge in [-0.1, -0.05) is 20.4 Å². The molecule has 0 aromatic rings. The quantitative estimate of drug-likeness (QED) is 0.604. The number of morpholine rings is 1. The molecule has 0 aromatic heterocycles. The summed E-state index contributed by atoms with van der Waals surface area (Å²) in [4.78, 5) is 11.1. The Bertz CT molecular complexity index is 187. The molecule has 0 radical (unpaired) electrons. The molecule has 0 aromatic carbocycles. The zero-order valence-electron chi connectivity index (χ0n) is 6.89. The number of hydrogen-bond acceptors (Lipinski definition) is 2. The molecule has 1 N–H and O–H groups in total. The number of nitrogens with one attached hydrogen (secondary N) is 1. The molecule has 1 unspecified atom stereocenters. The highest BCUT2D eigenvalue weighted by atomic mass is 16.5. The van der Waals surface area contributed by atoms with Gasteiger partial charge in [0.2, 0.25) is 0 Å². The standard InChI is InChI=1S/C8H13NO2/c1-5(2)7-8(10)9-6(3)4-11-7/h5,7H,3-4H2,1-2H3,(H,9,10). The van der Waals surface area contributed by atoms with Crippen LogP contribution < -0.4 is 5.32 Å². The fourth-order valence-corrected chi connectivity index (χ4v) is 1.04. The van der Waals surface area contributed by atoms with Crippen molar-refractivity contribution in [3.05, 3.63) is 12.3 Å². The fraction of sp³-hybridized carbons (Fsp3) is 0.625. The highest BCUT2D eigenvalue weighted by Crippen LogP contribution is 2.11. The largest absolute Gasteiger partial charge is 0.362 e. The molecule has 1 aliphatic heterocycles. The first kappa shape index (κ1) is 8.27. The molecule has 1 heterocycles. The van der Waals surface area contributed by atoms with E-state index in [-0.39, 0.29) is 17.9 Å². The Morgan fingerprint density at radius 3 is 2.82 bits per heavy atom. The van der Waals surface area contributed by atoms with Gasteiger partial charge in [0.1, 0.15) is 6.10 Å². The van der Waals surface area contributed by atoms with Crippen LogP contribution in [0.4, 0.5) is 0 Å². The van der Waals surface area contributed by atoms with Crippen LogP contribution in [0.3, 0.4) is 0 Å². The molecule has 3 heteroatoms. The summed E-state index contributed by atoms with van der Waals surface area (Å²) in [6.45, 7) is 7.95. The van der Waals surface area contributed by atoms with Crippen LogP contribution in [-0.4, -0.2) is 18.6 Å². The predicted octanol–water partition coefficient (Wildman–Crippen LogP) is 0.671. The third kappa shape index (κ3) is 1.80. The molecule has 1 saturated heterocycles. The van der Waals surface area contributed by atoms with Crippen LogP contribution in [0.25, 0.3) is 0 Å². The Labute approximate surface area is 66.4 Å². The van der Waals surface area contributed by atoms with Gasteiger partial charge >= 0.3 is 0 Å². The molecule has 0 saturated carbocycles. The maximum Gasteiger partial charge on any atom is 0.253 e. The number of hydrogen-bond donors (Lipinski definition) is 1. The maximum atomic E-state index is 11.1. The van der Waals surface area contributed by atoms with E-state index in [4.69, 9.17) is 4.74 Å². The number of carbonyl (C=O) groups is 1. The summed E-state index contributed by atoms with van der Waals surface area (Å²) in [6, 6.07) is 0. The van der Waals surface area contributed by atoms with Gasteiger partial charge in [0.05, 0.1) is 6.61 Å². The Morgan fingerprint density at radius 2 is 2.36 bits per heavy atom. The van der Waals surface area contributed by atoms with Gasteiger partial charge in [0.15, 0.2) is 0 Å². The molecular formula is C8H13NO2. The minimum absolute atomic E-state index is 0.0729. The van der Waals surface area contributed by atoms with E-state index >= 15 is 0 Å². The van der Waals surface area contributed by atoms with Crippen LogP contribution in [0.5, 0.6) is 0 Å². The topological polar surface area (TPSA) is 38.3 Å². The summed E-state index contributed by atoms with van der Waals surface area (Å²) in [5.74, 6) is 0.152. The molecule has 0 aliphatic carbocycles. The van der Waals surface area contributed by atoms with E-state index in [2.05, 4.69) is 11.9 Å². The van der Waals surface area contributed by atoms with E-state index in [0.29, 0.717) is 12.3 Å². The molecule has 1 atom stereocenters. The zero-order valence-corrected chi connectivity index (χ0v) is 6.89. The molecule has 62 valence electrons. The lowest BCUT2D eigenvalue weighted by Gasteiger charge is -2.26. The van der Waals surface area contributed by atoms with Gasteiger partial charge in [0.25, 0.3) is 5.91 Å². The van der Waals surface area contributed by atoms with Crippen LogP contribution in [0, 0.1) is 5.92 Å². The van der Waals surface area contributed by atoms with Crippen molar-refractivity contribution in [2.24, 2.45) is 5.92 Å². The summed E-state index contributed by atoms with van der Waals surface area (Å²) in [7, 11) is 0. The smallest absolute Gasteiger partial charge is 0.253 e. The number of amides is 1. The van der Waals surface area contributed by atoms with Gasteiger partial charge in [-0.25, -0.2) is 0 Å². The van der Waals surface area contributed by atoms with E-state index in [1.807, 2.05) is 13.8 Å². The van der Waals surface area contributed by atoms with Gasteiger partial charge in [-0.05, 0) is 5.92 Å². The summed E-state index contributed by atoms with van der Waals surface area (Å²) >= 11 is 0. The summed E-state index contributed by atoms with van der Waals surface area (Å²) in [5, 5.41) is 2.65. The van der Waals surface area contributed by atoms with E-state index in [1.54, 1.807) is 0 Å². The monoisotopic (exact) mass is 155 g/mol. The number of rotatable bonds is 1. The second kappa shape index (κ2) is 3.05. The zero-order chi connectivity index (χ0) is 8.43. The fourth-order valence-electron chi connectivity index (χ4n) is 1.04. The Hall–Kier alpha value is -0.830. The van der Waals surface area contributed by atoms with Crippen molar-refractivity contribution in [2.75, 3.05) is 6.61 Å². The molecule has 1 aliphatic rings. The summed E-state index contributed by atoms with van der Waals surface area (Å²) in [5.41, 5.74) is 0.645. The van der Waals surface area contributed by atoms with Gasteiger partial charge in [-0.3, -0.25) is 4.79 Å². The van der Waals surface area contributed by atoms with Crippen LogP contribution in [0.1, 0.15) is 13.8 Å². The predicted molar refractivity (Wildman–Crippen MR) is 41.9 cm³/mol. The molecule has 1 amide bonds. The van der Waals surface area contributed by atoms with Crippen molar-refractivity contribution in [1.29, 1.82) is 0 Å². The second-order valence-electron chi connectivity index (χ2n) is 3.07. The van der Waals surface area contributed by atoms with Gasteiger partial charge in [-0.15, -0.1) is 0 Å². The first-order valence-corrected chi connectivity index (χ1v) is 3.71. The minimum atomic E-state index is -0.305. The van der Waals surface area contributed by atoms with Gasteiger partial charge in [-0.2, -0.15) is 0 Å². The highest BCUT2D eigenvalue weighted by molar-refractivity contribution is 5.83. The molecule has 11 heavy (non-hydrogen) atoms. The average molecular weight is 155 g/mol. The molecule has 1 rings (SSSR count). The minimum Gasteiger partial charge on any atom is -0.362 e. The lowest BCUT2D eigenvalue weighted by molar-refractivity contribution is -0.138. The van der Waals surface area contributed by atoms with Crippen LogP contribution in [0.15, 0.2) is 12.3 Å². The SMILES string of the molecule is C=C1COC(C(C)C)C(=O)N1. The Kier molecular flexibility index (Phi) is 2.29. The van der Waals surface area contributed by atoms with E-state index < -0.39 is 0 Å². The van der Waals surface area contributed by atoms with Crippen LogP contribution >= 0.6 is 0 Å². The third-order valence-corrected chi connectivity index (χ3v) is 1.60. The third-order valence-electron chi connectivity index (χ3n) is 1.60. The summed E-state index contributed by atoms with van der Waals surface area (Å²) < 4.78 is 5.25. The van der Waals surface area contributed by atoms with Crippen molar-refractivity contribution in [2.45, 2.75) is 20.0 Å². The van der Waals surface area contributed by atoms with Crippen molar-refractivity contribution in [1.82, 2.24) is 5.32 Å². The average Bonchev–Trinajstić information content (AvgIpc) is 1.85. The lowest BCUT2D eigenvalue weighted by atomic mass is 10.1. The molecule has 1 fully saturated rings. The Balaban J connectivity index is 2.57. The van der Waals surface area contributed by atoms with Crippen molar-refractivity contribution in [3.8, 4) is 0 Å². The number of carbonyl (C=O) groups excluding carboxylic acids is 1. The van der Waals surface area contributed by atoms with Crippen molar-refractivity contribution < 1.29 is 9.53 Å². The van der Waals surface area contributed by atoms with Gasteiger partial charge < -0.3 is 10.1 Å². The van der Waals surface area contributed by atoms with Crippen molar-refractivity contribution >= 4 is 5.91 Å². The molecular weight excluding hydrogens is 142 g/mol. The number of ether oxygens (including phenoxy) is 1. The summed E-state index contributed by atoms with van der Waals surface area (Å²) in [6.07, 6.45) is -0.305.